The number of nitrogens with zero attached hydrogens (tertiary/aromatic N) is 2. The molecule has 1 saturated heterocycles. The highest BCUT2D eigenvalue weighted by Gasteiger charge is 2.45. The van der Waals surface area contributed by atoms with E-state index < -0.39 is 31.4 Å². The molecule has 0 radical (unpaired) electrons. The van der Waals surface area contributed by atoms with Crippen LogP contribution in [0.25, 0.3) is 0 Å². The first-order chi connectivity index (χ1) is 10.1. The van der Waals surface area contributed by atoms with Crippen LogP contribution >= 0.6 is 29.5 Å². The summed E-state index contributed by atoms with van der Waals surface area (Å²) in [6.45, 7) is 6.90. The molecule has 8 heteroatoms. The zero-order chi connectivity index (χ0) is 16.7. The Morgan fingerprint density at radius 3 is 2.68 bits per heavy atom. The fraction of sp³-hybridized carbons (Fsp3) is 0.571. The minimum absolute atomic E-state index is 0.384. The van der Waals surface area contributed by atoms with Crippen LogP contribution in [0.5, 0.6) is 0 Å². The van der Waals surface area contributed by atoms with E-state index in [2.05, 4.69) is 53.8 Å². The van der Waals surface area contributed by atoms with Crippen LogP contribution < -0.4 is 5.73 Å². The standard InChI is InChI=1S/C14H23IN3O3P/c1-8-17-13(16)9(15)7-18(8)14-12(20)11(19)10(21-14)5-6-22(2,3)4/h7,10-12,14,19-20H,1-2,5-6H2,3-4H3,(H2,16,17)/t10?,11-,12-,14?/m1/s1. The number of nitrogens with two attached hydrogens (primary N) is 1. The lowest BCUT2D eigenvalue weighted by molar-refractivity contribution is -0.0578. The van der Waals surface area contributed by atoms with Crippen LogP contribution in [0.2, 0.25) is 0 Å². The predicted octanol–water partition coefficient (Wildman–Crippen LogP) is 0.953. The Bertz CT molecular complexity index is 572. The fourth-order valence-corrected chi connectivity index (χ4v) is 3.78. The first-order valence-electron chi connectivity index (χ1n) is 6.98. The molecule has 0 bridgehead atoms. The molecular weight excluding hydrogens is 416 g/mol. The van der Waals surface area contributed by atoms with Crippen LogP contribution in [0.15, 0.2) is 27.2 Å². The van der Waals surface area contributed by atoms with Crippen molar-refractivity contribution in [3.63, 3.8) is 0 Å². The van der Waals surface area contributed by atoms with Gasteiger partial charge in [0.05, 0.1) is 9.68 Å². The van der Waals surface area contributed by atoms with Crippen molar-refractivity contribution >= 4 is 41.6 Å². The maximum absolute atomic E-state index is 10.3. The minimum Gasteiger partial charge on any atom is -0.388 e. The summed E-state index contributed by atoms with van der Waals surface area (Å²) in [4.78, 5) is 5.75. The zero-order valence-corrected chi connectivity index (χ0v) is 15.9. The molecule has 0 aromatic rings. The Morgan fingerprint density at radius 2 is 2.09 bits per heavy atom. The quantitative estimate of drug-likeness (QED) is 0.449. The van der Waals surface area contributed by atoms with Crippen molar-refractivity contribution in [2.75, 3.05) is 19.5 Å². The Labute approximate surface area is 144 Å². The van der Waals surface area contributed by atoms with Gasteiger partial charge in [-0.1, -0.05) is 6.58 Å². The second-order valence-corrected chi connectivity index (χ2v) is 11.8. The summed E-state index contributed by atoms with van der Waals surface area (Å²) in [6.07, 6.45) is 4.38. The summed E-state index contributed by atoms with van der Waals surface area (Å²) in [7, 11) is 0. The zero-order valence-electron chi connectivity index (χ0n) is 12.8. The van der Waals surface area contributed by atoms with Gasteiger partial charge >= 0.3 is 0 Å². The van der Waals surface area contributed by atoms with Crippen LogP contribution in [-0.2, 0) is 4.74 Å². The van der Waals surface area contributed by atoms with Crippen LogP contribution in [0.4, 0.5) is 0 Å². The molecule has 124 valence electrons. The van der Waals surface area contributed by atoms with E-state index in [9.17, 15) is 10.2 Å². The van der Waals surface area contributed by atoms with E-state index in [1.54, 1.807) is 11.1 Å². The number of hydrogen-bond donors (Lipinski definition) is 3. The fourth-order valence-electron chi connectivity index (χ4n) is 2.41. The maximum atomic E-state index is 10.3. The van der Waals surface area contributed by atoms with Crippen molar-refractivity contribution in [1.29, 1.82) is 0 Å². The largest absolute Gasteiger partial charge is 0.388 e. The lowest BCUT2D eigenvalue weighted by Crippen LogP contribution is -2.42. The molecule has 4 atom stereocenters. The molecule has 2 rings (SSSR count). The van der Waals surface area contributed by atoms with Crippen molar-refractivity contribution in [2.24, 2.45) is 10.7 Å². The van der Waals surface area contributed by atoms with Crippen LogP contribution in [0, 0.1) is 0 Å². The number of amidine groups is 1. The average Bonchev–Trinajstić information content (AvgIpc) is 2.68. The number of hydrogen-bond acceptors (Lipinski definition) is 6. The van der Waals surface area contributed by atoms with Crippen LogP contribution in [-0.4, -0.2) is 71.3 Å². The molecule has 22 heavy (non-hydrogen) atoms. The van der Waals surface area contributed by atoms with Gasteiger partial charge in [0, 0.05) is 6.20 Å². The Balaban J connectivity index is 2.10. The molecule has 4 N–H and O–H groups in total. The third-order valence-corrected chi connectivity index (χ3v) is 5.98. The average molecular weight is 439 g/mol. The highest BCUT2D eigenvalue weighted by Crippen LogP contribution is 2.39. The van der Waals surface area contributed by atoms with Crippen LogP contribution in [0.3, 0.4) is 0 Å². The van der Waals surface area contributed by atoms with E-state index >= 15 is 0 Å². The third-order valence-electron chi connectivity index (χ3n) is 3.67. The third kappa shape index (κ3) is 3.94. The van der Waals surface area contributed by atoms with Crippen LogP contribution in [0.1, 0.15) is 6.42 Å². The number of aliphatic hydroxyl groups excluding tert-OH is 2. The van der Waals surface area contributed by atoms with Gasteiger partial charge < -0.3 is 25.6 Å². The Hall–Kier alpha value is -0.340. The summed E-state index contributed by atoms with van der Waals surface area (Å²) in [5.41, 5.74) is 5.75. The number of rotatable bonds is 4. The molecule has 0 aliphatic carbocycles. The first kappa shape index (κ1) is 18.0. The highest BCUT2D eigenvalue weighted by atomic mass is 127. The monoisotopic (exact) mass is 439 g/mol. The van der Waals surface area contributed by atoms with E-state index in [0.29, 0.717) is 18.1 Å². The highest BCUT2D eigenvalue weighted by molar-refractivity contribution is 14.1. The molecule has 2 aliphatic rings. The van der Waals surface area contributed by atoms with Crippen molar-refractivity contribution in [3.8, 4) is 0 Å². The van der Waals surface area contributed by atoms with E-state index in [-0.39, 0.29) is 0 Å². The summed E-state index contributed by atoms with van der Waals surface area (Å²) in [5, 5.41) is 20.5. The molecule has 6 nitrogen and oxygen atoms in total. The predicted molar refractivity (Wildman–Crippen MR) is 101 cm³/mol. The molecule has 0 aromatic carbocycles. The van der Waals surface area contributed by atoms with Gasteiger partial charge in [-0.25, -0.2) is 4.99 Å². The minimum atomic E-state index is -1.20. The van der Waals surface area contributed by atoms with Gasteiger partial charge in [-0.2, -0.15) is 0 Å². The topological polar surface area (TPSA) is 91.3 Å². The van der Waals surface area contributed by atoms with E-state index in [1.165, 1.54) is 0 Å². The number of halogens is 1. The molecular formula is C14H23IN3O3P. The van der Waals surface area contributed by atoms with Gasteiger partial charge in [0.25, 0.3) is 0 Å². The summed E-state index contributed by atoms with van der Waals surface area (Å²) >= 11 is 2.06. The molecule has 0 amide bonds. The second kappa shape index (κ2) is 6.65. The molecule has 2 unspecified atom stereocenters. The summed E-state index contributed by atoms with van der Waals surface area (Å²) < 4.78 is 6.61. The van der Waals surface area contributed by atoms with Gasteiger partial charge in [0.15, 0.2) is 6.23 Å². The van der Waals surface area contributed by atoms with Crippen molar-refractivity contribution in [1.82, 2.24) is 4.90 Å². The van der Waals surface area contributed by atoms with Gasteiger partial charge in [0.1, 0.15) is 23.9 Å². The molecule has 1 fully saturated rings. The number of ether oxygens (including phenoxy) is 1. The van der Waals surface area contributed by atoms with E-state index in [4.69, 9.17) is 10.5 Å². The smallest absolute Gasteiger partial charge is 0.164 e. The number of aliphatic hydroxyl groups is 2. The van der Waals surface area contributed by atoms with E-state index in [1.807, 2.05) is 0 Å². The maximum Gasteiger partial charge on any atom is 0.164 e. The molecule has 2 heterocycles. The lowest BCUT2D eigenvalue weighted by atomic mass is 10.1. The van der Waals surface area contributed by atoms with Gasteiger partial charge in [-0.15, -0.1) is 13.2 Å². The normalized spacial score (nSPS) is 33.0. The molecule has 0 saturated carbocycles. The summed E-state index contributed by atoms with van der Waals surface area (Å²) in [6, 6.07) is 0. The van der Waals surface area contributed by atoms with Gasteiger partial charge in [0.2, 0.25) is 0 Å². The molecule has 0 aromatic heterocycles. The first-order valence-corrected chi connectivity index (χ1v) is 11.1. The van der Waals surface area contributed by atoms with Crippen molar-refractivity contribution in [3.05, 3.63) is 22.2 Å². The van der Waals surface area contributed by atoms with E-state index in [0.717, 1.165) is 9.74 Å². The molecule has 2 aliphatic heterocycles. The summed E-state index contributed by atoms with van der Waals surface area (Å²) in [5.74, 6) is 0.773. The van der Waals surface area contributed by atoms with Gasteiger partial charge in [-0.3, -0.25) is 0 Å². The Kier molecular flexibility index (Phi) is 5.44. The van der Waals surface area contributed by atoms with Crippen molar-refractivity contribution in [2.45, 2.75) is 31.0 Å². The SMILES string of the molecule is C=C1N=C(N)C(I)=CN1C1OC(CCP(=C)(C)C)[C@@H](O)[C@H]1O. The number of aliphatic imine (C=N–C) groups is 1. The van der Waals surface area contributed by atoms with Gasteiger partial charge in [-0.05, 0) is 48.5 Å². The second-order valence-electron chi connectivity index (χ2n) is 6.29. The lowest BCUT2D eigenvalue weighted by Gasteiger charge is -2.31. The molecule has 0 spiro atoms. The van der Waals surface area contributed by atoms with Crippen molar-refractivity contribution < 1.29 is 14.9 Å². The Morgan fingerprint density at radius 1 is 1.45 bits per heavy atom.